The molecule has 1 amide bonds. The molecular weight excluding hydrogens is 336 g/mol. The van der Waals surface area contributed by atoms with Crippen LogP contribution in [0.2, 0.25) is 0 Å². The van der Waals surface area contributed by atoms with Crippen LogP contribution < -0.4 is 4.90 Å². The van der Waals surface area contributed by atoms with E-state index in [0.717, 1.165) is 34.9 Å². The van der Waals surface area contributed by atoms with Gasteiger partial charge in [0.1, 0.15) is 0 Å². The molecule has 2 rings (SSSR count). The number of carbonyl (C=O) groups excluding carboxylic acids is 1. The molecule has 21 heavy (non-hydrogen) atoms. The van der Waals surface area contributed by atoms with Crippen molar-refractivity contribution in [1.29, 1.82) is 0 Å². The lowest BCUT2D eigenvalue weighted by Gasteiger charge is -2.36. The lowest BCUT2D eigenvalue weighted by atomic mass is 10.1. The predicted molar refractivity (Wildman–Crippen MR) is 85.3 cm³/mol. The minimum absolute atomic E-state index is 0.0939. The van der Waals surface area contributed by atoms with Crippen LogP contribution in [-0.2, 0) is 9.59 Å². The standard InChI is InChI=1S/C15H17BrN2O3/c1-11(19)17-6-8-18(9-7-17)14-4-3-13(16)10-12(14)2-5-15(20)21/h2-5,10H,6-9H2,1H3,(H,20,21)/b5-2+. The normalized spacial score (nSPS) is 15.5. The summed E-state index contributed by atoms with van der Waals surface area (Å²) in [6.45, 7) is 4.45. The minimum atomic E-state index is -0.970. The zero-order valence-corrected chi connectivity index (χ0v) is 13.3. The molecule has 1 N–H and O–H groups in total. The Hall–Kier alpha value is -1.82. The highest BCUT2D eigenvalue weighted by atomic mass is 79.9. The summed E-state index contributed by atoms with van der Waals surface area (Å²) in [5, 5.41) is 8.78. The van der Waals surface area contributed by atoms with Crippen molar-refractivity contribution in [3.8, 4) is 0 Å². The highest BCUT2D eigenvalue weighted by Gasteiger charge is 2.20. The van der Waals surface area contributed by atoms with Gasteiger partial charge in [-0.15, -0.1) is 0 Å². The Morgan fingerprint density at radius 2 is 1.90 bits per heavy atom. The molecule has 112 valence electrons. The molecule has 1 heterocycles. The molecule has 1 fully saturated rings. The molecule has 0 bridgehead atoms. The topological polar surface area (TPSA) is 60.9 Å². The van der Waals surface area contributed by atoms with E-state index < -0.39 is 5.97 Å². The molecule has 0 saturated carbocycles. The van der Waals surface area contributed by atoms with Crippen molar-refractivity contribution in [1.82, 2.24) is 4.90 Å². The van der Waals surface area contributed by atoms with Crippen LogP contribution in [0.15, 0.2) is 28.7 Å². The molecule has 0 atom stereocenters. The summed E-state index contributed by atoms with van der Waals surface area (Å²) in [6, 6.07) is 5.80. The zero-order chi connectivity index (χ0) is 15.4. The van der Waals surface area contributed by atoms with Crippen molar-refractivity contribution in [2.75, 3.05) is 31.1 Å². The van der Waals surface area contributed by atoms with E-state index >= 15 is 0 Å². The fourth-order valence-corrected chi connectivity index (χ4v) is 2.75. The summed E-state index contributed by atoms with van der Waals surface area (Å²) >= 11 is 3.40. The number of rotatable bonds is 3. The second kappa shape index (κ2) is 6.76. The van der Waals surface area contributed by atoms with Gasteiger partial charge in [0, 0.05) is 49.3 Å². The zero-order valence-electron chi connectivity index (χ0n) is 11.8. The summed E-state index contributed by atoms with van der Waals surface area (Å²) in [5.74, 6) is -0.876. The third-order valence-corrected chi connectivity index (χ3v) is 3.95. The van der Waals surface area contributed by atoms with Crippen molar-refractivity contribution in [3.05, 3.63) is 34.3 Å². The van der Waals surface area contributed by atoms with Crippen molar-refractivity contribution in [2.24, 2.45) is 0 Å². The lowest BCUT2D eigenvalue weighted by molar-refractivity contribution is -0.131. The number of piperazine rings is 1. The minimum Gasteiger partial charge on any atom is -0.478 e. The maximum atomic E-state index is 11.4. The number of carboxylic acid groups (broad SMARTS) is 1. The van der Waals surface area contributed by atoms with Gasteiger partial charge in [0.15, 0.2) is 0 Å². The number of benzene rings is 1. The number of hydrogen-bond acceptors (Lipinski definition) is 3. The molecule has 6 heteroatoms. The summed E-state index contributed by atoms with van der Waals surface area (Å²) in [6.07, 6.45) is 2.73. The van der Waals surface area contributed by atoms with Gasteiger partial charge in [-0.3, -0.25) is 4.79 Å². The van der Waals surface area contributed by atoms with Crippen LogP contribution in [0.25, 0.3) is 6.08 Å². The number of carboxylic acids is 1. The molecule has 1 aliphatic heterocycles. The monoisotopic (exact) mass is 352 g/mol. The van der Waals surface area contributed by atoms with Gasteiger partial charge in [0.25, 0.3) is 0 Å². The Labute approximate surface area is 132 Å². The SMILES string of the molecule is CC(=O)N1CCN(c2ccc(Br)cc2/C=C/C(=O)O)CC1. The van der Waals surface area contributed by atoms with E-state index in [-0.39, 0.29) is 5.91 Å². The number of nitrogens with zero attached hydrogens (tertiary/aromatic N) is 2. The maximum absolute atomic E-state index is 11.4. The van der Waals surface area contributed by atoms with Crippen LogP contribution in [0.4, 0.5) is 5.69 Å². The predicted octanol–water partition coefficient (Wildman–Crippen LogP) is 2.22. The molecule has 0 spiro atoms. The molecule has 1 aromatic rings. The van der Waals surface area contributed by atoms with E-state index in [9.17, 15) is 9.59 Å². The average molecular weight is 353 g/mol. The second-order valence-electron chi connectivity index (χ2n) is 4.87. The van der Waals surface area contributed by atoms with Crippen LogP contribution >= 0.6 is 15.9 Å². The third kappa shape index (κ3) is 4.07. The summed E-state index contributed by atoms with van der Waals surface area (Å²) in [4.78, 5) is 26.1. The van der Waals surface area contributed by atoms with Gasteiger partial charge in [-0.2, -0.15) is 0 Å². The van der Waals surface area contributed by atoms with Crippen LogP contribution in [0, 0.1) is 0 Å². The van der Waals surface area contributed by atoms with Gasteiger partial charge in [-0.05, 0) is 29.8 Å². The first-order chi connectivity index (χ1) is 9.97. The number of anilines is 1. The van der Waals surface area contributed by atoms with Gasteiger partial charge in [-0.1, -0.05) is 15.9 Å². The molecule has 1 saturated heterocycles. The Bertz CT molecular complexity index is 578. The summed E-state index contributed by atoms with van der Waals surface area (Å²) in [7, 11) is 0. The van der Waals surface area contributed by atoms with E-state index in [1.807, 2.05) is 23.1 Å². The lowest BCUT2D eigenvalue weighted by Crippen LogP contribution is -2.48. The van der Waals surface area contributed by atoms with Crippen LogP contribution in [0.1, 0.15) is 12.5 Å². The first-order valence-electron chi connectivity index (χ1n) is 6.68. The highest BCUT2D eigenvalue weighted by Crippen LogP contribution is 2.27. The average Bonchev–Trinajstić information content (AvgIpc) is 2.45. The van der Waals surface area contributed by atoms with E-state index in [4.69, 9.17) is 5.11 Å². The van der Waals surface area contributed by atoms with Crippen LogP contribution in [0.5, 0.6) is 0 Å². The van der Waals surface area contributed by atoms with E-state index in [1.54, 1.807) is 13.0 Å². The molecule has 1 aliphatic rings. The quantitative estimate of drug-likeness (QED) is 0.847. The smallest absolute Gasteiger partial charge is 0.328 e. The Morgan fingerprint density at radius 1 is 1.24 bits per heavy atom. The number of halogens is 1. The van der Waals surface area contributed by atoms with E-state index in [1.165, 1.54) is 0 Å². The van der Waals surface area contributed by atoms with E-state index in [2.05, 4.69) is 20.8 Å². The first kappa shape index (κ1) is 15.6. The second-order valence-corrected chi connectivity index (χ2v) is 5.78. The molecule has 0 aliphatic carbocycles. The highest BCUT2D eigenvalue weighted by molar-refractivity contribution is 9.10. The molecule has 0 radical (unpaired) electrons. The summed E-state index contributed by atoms with van der Waals surface area (Å²) in [5.41, 5.74) is 1.84. The number of aliphatic carboxylic acids is 1. The molecule has 1 aromatic carbocycles. The Balaban J connectivity index is 2.20. The van der Waals surface area contributed by atoms with Gasteiger partial charge >= 0.3 is 5.97 Å². The number of hydrogen-bond donors (Lipinski definition) is 1. The summed E-state index contributed by atoms with van der Waals surface area (Å²) < 4.78 is 0.902. The van der Waals surface area contributed by atoms with Gasteiger partial charge in [-0.25, -0.2) is 4.79 Å². The largest absolute Gasteiger partial charge is 0.478 e. The van der Waals surface area contributed by atoms with Crippen molar-refractivity contribution >= 4 is 39.6 Å². The third-order valence-electron chi connectivity index (χ3n) is 3.46. The number of carbonyl (C=O) groups is 2. The van der Waals surface area contributed by atoms with E-state index in [0.29, 0.717) is 13.1 Å². The first-order valence-corrected chi connectivity index (χ1v) is 7.47. The van der Waals surface area contributed by atoms with Crippen molar-refractivity contribution in [3.63, 3.8) is 0 Å². The maximum Gasteiger partial charge on any atom is 0.328 e. The van der Waals surface area contributed by atoms with Crippen LogP contribution in [-0.4, -0.2) is 48.1 Å². The Kier molecular flexibility index (Phi) is 5.01. The fraction of sp³-hybridized carbons (Fsp3) is 0.333. The fourth-order valence-electron chi connectivity index (χ4n) is 2.37. The van der Waals surface area contributed by atoms with Gasteiger partial charge in [0.2, 0.25) is 5.91 Å². The molecular formula is C15H17BrN2O3. The molecule has 0 unspecified atom stereocenters. The van der Waals surface area contributed by atoms with Crippen molar-refractivity contribution < 1.29 is 14.7 Å². The number of amides is 1. The molecule has 0 aromatic heterocycles. The van der Waals surface area contributed by atoms with Gasteiger partial charge in [0.05, 0.1) is 0 Å². The van der Waals surface area contributed by atoms with Gasteiger partial charge < -0.3 is 14.9 Å². The van der Waals surface area contributed by atoms with Crippen molar-refractivity contribution in [2.45, 2.75) is 6.92 Å². The Morgan fingerprint density at radius 3 is 2.48 bits per heavy atom. The van der Waals surface area contributed by atoms with Crippen LogP contribution in [0.3, 0.4) is 0 Å². The molecule has 5 nitrogen and oxygen atoms in total.